The van der Waals surface area contributed by atoms with Crippen LogP contribution in [0, 0.1) is 6.92 Å². The summed E-state index contributed by atoms with van der Waals surface area (Å²) in [5.74, 6) is -0.640. The van der Waals surface area contributed by atoms with Gasteiger partial charge in [-0.3, -0.25) is 13.8 Å². The van der Waals surface area contributed by atoms with E-state index < -0.39 is 32.5 Å². The smallest absolute Gasteiger partial charge is 0.264 e. The SMILES string of the molecule is Cc1cccc(N(CC(=O)Nc2ccc(S(=O)(=O)Nc3cccc(Cl)c3Cl)cc2)S(=O)(=O)c2ccc(Cl)cc2)c1. The zero-order chi connectivity index (χ0) is 29.1. The van der Waals surface area contributed by atoms with Crippen molar-refractivity contribution in [2.45, 2.75) is 16.7 Å². The predicted octanol–water partition coefficient (Wildman–Crippen LogP) is 6.59. The molecule has 0 radical (unpaired) electrons. The third-order valence-electron chi connectivity index (χ3n) is 5.62. The summed E-state index contributed by atoms with van der Waals surface area (Å²) in [5, 5.41) is 3.24. The number of carbonyl (C=O) groups is 1. The fourth-order valence-corrected chi connectivity index (χ4v) is 6.68. The van der Waals surface area contributed by atoms with E-state index in [4.69, 9.17) is 34.8 Å². The second kappa shape index (κ2) is 12.1. The minimum Gasteiger partial charge on any atom is -0.325 e. The molecular weight excluding hydrogens is 617 g/mol. The highest BCUT2D eigenvalue weighted by atomic mass is 35.5. The lowest BCUT2D eigenvalue weighted by Crippen LogP contribution is -2.38. The van der Waals surface area contributed by atoms with Gasteiger partial charge < -0.3 is 5.32 Å². The molecule has 0 unspecified atom stereocenters. The number of nitrogens with zero attached hydrogens (tertiary/aromatic N) is 1. The second-order valence-electron chi connectivity index (χ2n) is 8.58. The maximum absolute atomic E-state index is 13.5. The maximum Gasteiger partial charge on any atom is 0.264 e. The quantitative estimate of drug-likeness (QED) is 0.215. The summed E-state index contributed by atoms with van der Waals surface area (Å²) in [6.07, 6.45) is 0. The summed E-state index contributed by atoms with van der Waals surface area (Å²) in [6.45, 7) is 1.27. The molecule has 0 saturated carbocycles. The van der Waals surface area contributed by atoms with Gasteiger partial charge in [0.2, 0.25) is 5.91 Å². The van der Waals surface area contributed by atoms with Gasteiger partial charge in [0.05, 0.1) is 31.2 Å². The number of rotatable bonds is 9. The third-order valence-corrected chi connectivity index (χ3v) is 9.86. The third kappa shape index (κ3) is 6.89. The summed E-state index contributed by atoms with van der Waals surface area (Å²) in [7, 11) is -8.14. The normalized spacial score (nSPS) is 11.6. The molecule has 1 amide bonds. The first kappa shape index (κ1) is 29.7. The Balaban J connectivity index is 1.54. The molecule has 40 heavy (non-hydrogen) atoms. The van der Waals surface area contributed by atoms with E-state index in [1.54, 1.807) is 24.3 Å². The van der Waals surface area contributed by atoms with Crippen molar-refractivity contribution in [3.8, 4) is 0 Å². The number of carbonyl (C=O) groups excluding carboxylic acids is 1. The van der Waals surface area contributed by atoms with E-state index in [-0.39, 0.29) is 31.2 Å². The Morgan fingerprint density at radius 2 is 1.43 bits per heavy atom. The van der Waals surface area contributed by atoms with Gasteiger partial charge in [0.1, 0.15) is 6.54 Å². The Hall–Kier alpha value is -3.28. The number of amides is 1. The summed E-state index contributed by atoms with van der Waals surface area (Å²) in [5.41, 5.74) is 1.48. The molecule has 0 aliphatic heterocycles. The van der Waals surface area contributed by atoms with Crippen molar-refractivity contribution in [1.29, 1.82) is 0 Å². The van der Waals surface area contributed by atoms with Crippen LogP contribution in [0.5, 0.6) is 0 Å². The highest BCUT2D eigenvalue weighted by Crippen LogP contribution is 2.31. The molecule has 4 rings (SSSR count). The second-order valence-corrected chi connectivity index (χ2v) is 13.4. The Morgan fingerprint density at radius 3 is 2.08 bits per heavy atom. The molecule has 4 aromatic rings. The van der Waals surface area contributed by atoms with Crippen LogP contribution < -0.4 is 14.3 Å². The molecule has 0 heterocycles. The number of nitrogens with one attached hydrogen (secondary N) is 2. The predicted molar refractivity (Wildman–Crippen MR) is 160 cm³/mol. The molecule has 2 N–H and O–H groups in total. The van der Waals surface area contributed by atoms with Crippen LogP contribution in [0.4, 0.5) is 17.1 Å². The summed E-state index contributed by atoms with van der Waals surface area (Å²) in [6, 6.07) is 22.3. The van der Waals surface area contributed by atoms with Gasteiger partial charge in [-0.25, -0.2) is 16.8 Å². The summed E-state index contributed by atoms with van der Waals surface area (Å²) in [4.78, 5) is 12.9. The molecule has 0 aromatic heterocycles. The van der Waals surface area contributed by atoms with Crippen molar-refractivity contribution in [3.05, 3.63) is 112 Å². The van der Waals surface area contributed by atoms with Gasteiger partial charge in [-0.15, -0.1) is 0 Å². The van der Waals surface area contributed by atoms with E-state index in [1.165, 1.54) is 60.7 Å². The van der Waals surface area contributed by atoms with E-state index >= 15 is 0 Å². The van der Waals surface area contributed by atoms with Gasteiger partial charge in [-0.05, 0) is 85.3 Å². The van der Waals surface area contributed by atoms with Crippen LogP contribution in [0.25, 0.3) is 0 Å². The van der Waals surface area contributed by atoms with Crippen molar-refractivity contribution < 1.29 is 21.6 Å². The lowest BCUT2D eigenvalue weighted by atomic mass is 10.2. The Labute approximate surface area is 247 Å². The first-order valence-corrected chi connectivity index (χ1v) is 15.6. The highest BCUT2D eigenvalue weighted by molar-refractivity contribution is 7.93. The van der Waals surface area contributed by atoms with Gasteiger partial charge in [-0.2, -0.15) is 0 Å². The van der Waals surface area contributed by atoms with Crippen LogP contribution in [-0.2, 0) is 24.8 Å². The molecule has 0 bridgehead atoms. The van der Waals surface area contributed by atoms with Crippen LogP contribution in [0.3, 0.4) is 0 Å². The zero-order valence-electron chi connectivity index (χ0n) is 20.8. The van der Waals surface area contributed by atoms with Crippen LogP contribution in [0.1, 0.15) is 5.56 Å². The molecule has 0 spiro atoms. The summed E-state index contributed by atoms with van der Waals surface area (Å²) < 4.78 is 56.0. The fourth-order valence-electron chi connectivity index (χ4n) is 3.67. The molecule has 8 nitrogen and oxygen atoms in total. The van der Waals surface area contributed by atoms with Crippen LogP contribution in [0.2, 0.25) is 15.1 Å². The van der Waals surface area contributed by atoms with Crippen molar-refractivity contribution in [3.63, 3.8) is 0 Å². The van der Waals surface area contributed by atoms with E-state index in [2.05, 4.69) is 10.0 Å². The van der Waals surface area contributed by atoms with E-state index in [0.29, 0.717) is 10.7 Å². The van der Waals surface area contributed by atoms with E-state index in [0.717, 1.165) is 9.87 Å². The first-order chi connectivity index (χ1) is 18.9. The first-order valence-electron chi connectivity index (χ1n) is 11.6. The number of benzene rings is 4. The Kier molecular flexibility index (Phi) is 8.96. The average Bonchev–Trinajstić information content (AvgIpc) is 2.90. The summed E-state index contributed by atoms with van der Waals surface area (Å²) >= 11 is 18.0. The molecule has 13 heteroatoms. The van der Waals surface area contributed by atoms with Crippen molar-refractivity contribution >= 4 is 77.8 Å². The largest absolute Gasteiger partial charge is 0.325 e. The number of sulfonamides is 2. The standard InChI is InChI=1S/C27H22Cl3N3O5S2/c1-18-4-2-5-21(16-18)33(40(37,38)23-12-8-19(28)9-13-23)17-26(34)31-20-10-14-22(15-11-20)39(35,36)32-25-7-3-6-24(29)27(25)30/h2-16,32H,17H2,1H3,(H,31,34). The van der Waals surface area contributed by atoms with Crippen LogP contribution >= 0.6 is 34.8 Å². The number of hydrogen-bond acceptors (Lipinski definition) is 5. The number of halogens is 3. The van der Waals surface area contributed by atoms with E-state index in [9.17, 15) is 21.6 Å². The lowest BCUT2D eigenvalue weighted by molar-refractivity contribution is -0.114. The number of hydrogen-bond donors (Lipinski definition) is 2. The molecule has 0 atom stereocenters. The molecule has 0 aliphatic rings. The average molecular weight is 639 g/mol. The minimum atomic E-state index is -4.13. The molecule has 0 fully saturated rings. The van der Waals surface area contributed by atoms with Gasteiger partial charge in [0, 0.05) is 10.7 Å². The molecule has 0 saturated heterocycles. The van der Waals surface area contributed by atoms with Crippen LogP contribution in [0.15, 0.2) is 101 Å². The van der Waals surface area contributed by atoms with Crippen molar-refractivity contribution in [2.75, 3.05) is 20.9 Å². The maximum atomic E-state index is 13.5. The van der Waals surface area contributed by atoms with E-state index in [1.807, 2.05) is 13.0 Å². The number of anilines is 3. The zero-order valence-corrected chi connectivity index (χ0v) is 24.7. The number of aryl methyl sites for hydroxylation is 1. The Morgan fingerprint density at radius 1 is 0.800 bits per heavy atom. The molecular formula is C27H22Cl3N3O5S2. The topological polar surface area (TPSA) is 113 Å². The molecule has 208 valence electrons. The van der Waals surface area contributed by atoms with Gasteiger partial charge in [0.15, 0.2) is 0 Å². The van der Waals surface area contributed by atoms with Crippen molar-refractivity contribution in [1.82, 2.24) is 0 Å². The van der Waals surface area contributed by atoms with Gasteiger partial charge in [0.25, 0.3) is 20.0 Å². The fraction of sp³-hybridized carbons (Fsp3) is 0.0741. The minimum absolute atomic E-state index is 0.0342. The van der Waals surface area contributed by atoms with Gasteiger partial charge in [-0.1, -0.05) is 53.0 Å². The molecule has 0 aliphatic carbocycles. The molecule has 4 aromatic carbocycles. The highest BCUT2D eigenvalue weighted by Gasteiger charge is 2.27. The van der Waals surface area contributed by atoms with Crippen LogP contribution in [-0.4, -0.2) is 29.3 Å². The van der Waals surface area contributed by atoms with Gasteiger partial charge >= 0.3 is 0 Å². The lowest BCUT2D eigenvalue weighted by Gasteiger charge is -2.24. The Bertz CT molecular complexity index is 1760. The monoisotopic (exact) mass is 637 g/mol. The van der Waals surface area contributed by atoms with Crippen molar-refractivity contribution in [2.24, 2.45) is 0 Å².